The number of hydrogen-bond acceptors (Lipinski definition) is 2. The number of aromatic amines is 1. The number of rotatable bonds is 3. The second-order valence-electron chi connectivity index (χ2n) is 2.68. The molecule has 0 aliphatic rings. The van der Waals surface area contributed by atoms with Crippen LogP contribution in [0.1, 0.15) is 32.7 Å². The smallest absolute Gasteiger partial charge is 0.295 e. The van der Waals surface area contributed by atoms with E-state index in [0.717, 1.165) is 12.8 Å². The van der Waals surface area contributed by atoms with Crippen LogP contribution in [0.25, 0.3) is 0 Å². The fourth-order valence-electron chi connectivity index (χ4n) is 1.12. The largest absolute Gasteiger partial charge is 0.343 e. The van der Waals surface area contributed by atoms with Gasteiger partial charge in [0.1, 0.15) is 6.33 Å². The maximum atomic E-state index is 11.0. The van der Waals surface area contributed by atoms with Crippen molar-refractivity contribution in [3.63, 3.8) is 0 Å². The molecule has 1 aromatic rings. The van der Waals surface area contributed by atoms with Crippen LogP contribution in [0.15, 0.2) is 11.1 Å². The second kappa shape index (κ2) is 3.37. The summed E-state index contributed by atoms with van der Waals surface area (Å²) in [5.74, 6) is 0. The molecule has 0 spiro atoms. The number of nitrogens with one attached hydrogen (secondary N) is 1. The lowest BCUT2D eigenvalue weighted by Gasteiger charge is -2.07. The van der Waals surface area contributed by atoms with Gasteiger partial charge in [0.05, 0.1) is 6.04 Å². The third-order valence-corrected chi connectivity index (χ3v) is 1.70. The molecule has 1 aromatic heterocycles. The van der Waals surface area contributed by atoms with Crippen LogP contribution in [0.3, 0.4) is 0 Å². The predicted molar refractivity (Wildman–Crippen MR) is 42.5 cm³/mol. The van der Waals surface area contributed by atoms with E-state index in [1.807, 2.05) is 6.92 Å². The Morgan fingerprint density at radius 1 is 1.82 bits per heavy atom. The Hall–Kier alpha value is -1.06. The molecule has 62 valence electrons. The van der Waals surface area contributed by atoms with E-state index in [9.17, 15) is 4.79 Å². The first-order valence-electron chi connectivity index (χ1n) is 3.88. The summed E-state index contributed by atoms with van der Waals surface area (Å²) >= 11 is 0. The minimum Gasteiger partial charge on any atom is -0.295 e. The molecular weight excluding hydrogens is 142 g/mol. The van der Waals surface area contributed by atoms with Crippen molar-refractivity contribution in [3.8, 4) is 0 Å². The van der Waals surface area contributed by atoms with Gasteiger partial charge in [0.2, 0.25) is 0 Å². The van der Waals surface area contributed by atoms with Crippen molar-refractivity contribution in [1.29, 1.82) is 0 Å². The lowest BCUT2D eigenvalue weighted by atomic mass is 10.2. The van der Waals surface area contributed by atoms with E-state index in [2.05, 4.69) is 17.0 Å². The van der Waals surface area contributed by atoms with E-state index >= 15 is 0 Å². The Balaban J connectivity index is 2.75. The Bertz CT molecular complexity index is 263. The summed E-state index contributed by atoms with van der Waals surface area (Å²) in [6.07, 6.45) is 3.49. The molecule has 1 N–H and O–H groups in total. The van der Waals surface area contributed by atoms with Crippen molar-refractivity contribution in [2.75, 3.05) is 0 Å². The van der Waals surface area contributed by atoms with Crippen molar-refractivity contribution in [3.05, 3.63) is 16.8 Å². The summed E-state index contributed by atoms with van der Waals surface area (Å²) in [5.41, 5.74) is -0.119. The molecular formula is C7H13N3O. The average molecular weight is 155 g/mol. The van der Waals surface area contributed by atoms with Gasteiger partial charge < -0.3 is 0 Å². The molecule has 1 rings (SSSR count). The summed E-state index contributed by atoms with van der Waals surface area (Å²) in [6.45, 7) is 4.08. The Morgan fingerprint density at radius 2 is 2.55 bits per heavy atom. The molecule has 4 heteroatoms. The molecule has 0 bridgehead atoms. The fourth-order valence-corrected chi connectivity index (χ4v) is 1.12. The lowest BCUT2D eigenvalue weighted by Crippen LogP contribution is -2.21. The first-order chi connectivity index (χ1) is 5.25. The van der Waals surface area contributed by atoms with Crippen LogP contribution in [0, 0.1) is 0 Å². The highest BCUT2D eigenvalue weighted by molar-refractivity contribution is 4.66. The summed E-state index contributed by atoms with van der Waals surface area (Å²) in [5, 5.41) is 3.88. The number of aromatic nitrogens is 3. The minimum absolute atomic E-state index is 0.119. The van der Waals surface area contributed by atoms with E-state index in [1.165, 1.54) is 11.0 Å². The van der Waals surface area contributed by atoms with Gasteiger partial charge in [-0.1, -0.05) is 13.3 Å². The number of hydrogen-bond donors (Lipinski definition) is 1. The minimum atomic E-state index is -0.119. The van der Waals surface area contributed by atoms with Crippen LogP contribution < -0.4 is 5.69 Å². The normalized spacial score (nSPS) is 13.3. The maximum Gasteiger partial charge on any atom is 0.343 e. The highest BCUT2D eigenvalue weighted by Crippen LogP contribution is 2.06. The molecule has 0 aliphatic heterocycles. The van der Waals surface area contributed by atoms with Gasteiger partial charge >= 0.3 is 5.69 Å². The molecule has 0 aromatic carbocycles. The predicted octanol–water partition coefficient (Wildman–Crippen LogP) is 0.932. The molecule has 0 aliphatic carbocycles. The lowest BCUT2D eigenvalue weighted by molar-refractivity contribution is 0.441. The van der Waals surface area contributed by atoms with Crippen molar-refractivity contribution < 1.29 is 0 Å². The SMILES string of the molecule is CCCC(C)n1nc[nH]c1=O. The Kier molecular flexibility index (Phi) is 2.46. The third-order valence-electron chi connectivity index (χ3n) is 1.70. The van der Waals surface area contributed by atoms with Crippen molar-refractivity contribution in [1.82, 2.24) is 14.8 Å². The monoisotopic (exact) mass is 155 g/mol. The first-order valence-corrected chi connectivity index (χ1v) is 3.88. The highest BCUT2D eigenvalue weighted by atomic mass is 16.1. The maximum absolute atomic E-state index is 11.0. The van der Waals surface area contributed by atoms with Gasteiger partial charge in [-0.3, -0.25) is 4.98 Å². The molecule has 4 nitrogen and oxygen atoms in total. The molecule has 1 heterocycles. The van der Waals surface area contributed by atoms with Crippen LogP contribution in [0.5, 0.6) is 0 Å². The van der Waals surface area contributed by atoms with Gasteiger partial charge in [-0.25, -0.2) is 9.48 Å². The third kappa shape index (κ3) is 1.69. The summed E-state index contributed by atoms with van der Waals surface area (Å²) in [6, 6.07) is 0.207. The highest BCUT2D eigenvalue weighted by Gasteiger charge is 2.05. The quantitative estimate of drug-likeness (QED) is 0.706. The number of nitrogens with zero attached hydrogens (tertiary/aromatic N) is 2. The zero-order chi connectivity index (χ0) is 8.27. The summed E-state index contributed by atoms with van der Waals surface area (Å²) in [4.78, 5) is 13.5. The van der Waals surface area contributed by atoms with Crippen molar-refractivity contribution in [2.45, 2.75) is 32.7 Å². The summed E-state index contributed by atoms with van der Waals surface area (Å²) < 4.78 is 1.48. The Morgan fingerprint density at radius 3 is 3.00 bits per heavy atom. The average Bonchev–Trinajstić information content (AvgIpc) is 2.36. The van der Waals surface area contributed by atoms with Crippen molar-refractivity contribution in [2.24, 2.45) is 0 Å². The topological polar surface area (TPSA) is 50.7 Å². The molecule has 0 amide bonds. The van der Waals surface area contributed by atoms with Gasteiger partial charge in [0.15, 0.2) is 0 Å². The standard InChI is InChI=1S/C7H13N3O/c1-3-4-6(2)10-7(11)8-5-9-10/h5-6H,3-4H2,1-2H3,(H,8,9,11). The van der Waals surface area contributed by atoms with E-state index in [4.69, 9.17) is 0 Å². The van der Waals surface area contributed by atoms with Gasteiger partial charge in [-0.05, 0) is 13.3 Å². The first kappa shape index (κ1) is 8.04. The molecule has 0 saturated heterocycles. The second-order valence-corrected chi connectivity index (χ2v) is 2.68. The zero-order valence-corrected chi connectivity index (χ0v) is 6.87. The summed E-state index contributed by atoms with van der Waals surface area (Å²) in [7, 11) is 0. The number of H-pyrrole nitrogens is 1. The van der Waals surface area contributed by atoms with Crippen LogP contribution >= 0.6 is 0 Å². The van der Waals surface area contributed by atoms with Gasteiger partial charge in [-0.2, -0.15) is 5.10 Å². The molecule has 0 fully saturated rings. The zero-order valence-electron chi connectivity index (χ0n) is 6.87. The van der Waals surface area contributed by atoms with Gasteiger partial charge in [-0.15, -0.1) is 0 Å². The van der Waals surface area contributed by atoms with Gasteiger partial charge in [0.25, 0.3) is 0 Å². The van der Waals surface area contributed by atoms with Crippen molar-refractivity contribution >= 4 is 0 Å². The fraction of sp³-hybridized carbons (Fsp3) is 0.714. The van der Waals surface area contributed by atoms with Gasteiger partial charge in [0, 0.05) is 0 Å². The molecule has 11 heavy (non-hydrogen) atoms. The van der Waals surface area contributed by atoms with E-state index < -0.39 is 0 Å². The van der Waals surface area contributed by atoms with Crippen LogP contribution in [0.2, 0.25) is 0 Å². The van der Waals surface area contributed by atoms with E-state index in [0.29, 0.717) is 0 Å². The van der Waals surface area contributed by atoms with E-state index in [1.54, 1.807) is 0 Å². The molecule has 0 saturated carbocycles. The van der Waals surface area contributed by atoms with Crippen LogP contribution in [-0.2, 0) is 0 Å². The molecule has 0 radical (unpaired) electrons. The molecule has 1 unspecified atom stereocenters. The molecule has 1 atom stereocenters. The van der Waals surface area contributed by atoms with Crippen LogP contribution in [0.4, 0.5) is 0 Å². The Labute approximate surface area is 65.2 Å². The van der Waals surface area contributed by atoms with E-state index in [-0.39, 0.29) is 11.7 Å². The van der Waals surface area contributed by atoms with Crippen LogP contribution in [-0.4, -0.2) is 14.8 Å².